The van der Waals surface area contributed by atoms with Crippen molar-refractivity contribution in [3.05, 3.63) is 64.7 Å². The summed E-state index contributed by atoms with van der Waals surface area (Å²) < 4.78 is 34.6. The van der Waals surface area contributed by atoms with Crippen LogP contribution in [0, 0.1) is 0 Å². The molecule has 0 aliphatic carbocycles. The van der Waals surface area contributed by atoms with Crippen molar-refractivity contribution in [1.29, 1.82) is 0 Å². The second-order valence-corrected chi connectivity index (χ2v) is 4.90. The number of methoxy groups -OCH3 is 1. The Labute approximate surface area is 137 Å². The van der Waals surface area contributed by atoms with Crippen LogP contribution in [0.5, 0.6) is 11.5 Å². The zero-order chi connectivity index (χ0) is 16.8. The lowest BCUT2D eigenvalue weighted by Gasteiger charge is -2.12. The third kappa shape index (κ3) is 4.53. The van der Waals surface area contributed by atoms with Gasteiger partial charge in [-0.15, -0.1) is 0 Å². The van der Waals surface area contributed by atoms with Gasteiger partial charge in [0.25, 0.3) is 0 Å². The van der Waals surface area contributed by atoms with Gasteiger partial charge in [0.05, 0.1) is 7.11 Å². The zero-order valence-electron chi connectivity index (χ0n) is 12.1. The van der Waals surface area contributed by atoms with Gasteiger partial charge in [-0.3, -0.25) is 4.79 Å². The number of rotatable bonds is 6. The molecule has 23 heavy (non-hydrogen) atoms. The van der Waals surface area contributed by atoms with Crippen molar-refractivity contribution in [3.8, 4) is 11.5 Å². The average Bonchev–Trinajstić information content (AvgIpc) is 2.53. The lowest BCUT2D eigenvalue weighted by atomic mass is 10.1. The highest BCUT2D eigenvalue weighted by Crippen LogP contribution is 2.33. The zero-order valence-corrected chi connectivity index (χ0v) is 12.9. The predicted molar refractivity (Wildman–Crippen MR) is 84.4 cm³/mol. The summed E-state index contributed by atoms with van der Waals surface area (Å²) in [5.41, 5.74) is 0.702. The molecule has 0 aromatic heterocycles. The fourth-order valence-corrected chi connectivity index (χ4v) is 2.13. The Morgan fingerprint density at radius 1 is 1.22 bits per heavy atom. The van der Waals surface area contributed by atoms with Gasteiger partial charge in [0.1, 0.15) is 0 Å². The van der Waals surface area contributed by atoms with Gasteiger partial charge in [0, 0.05) is 16.1 Å². The van der Waals surface area contributed by atoms with Crippen LogP contribution in [0.25, 0.3) is 6.08 Å². The molecule has 0 amide bonds. The molecule has 2 rings (SSSR count). The lowest BCUT2D eigenvalue weighted by Crippen LogP contribution is -2.05. The molecule has 2 aromatic rings. The molecule has 0 saturated carbocycles. The normalized spacial score (nSPS) is 11.0. The van der Waals surface area contributed by atoms with Crippen LogP contribution in [0.2, 0.25) is 5.02 Å². The molecule has 0 spiro atoms. The molecular weight excluding hydrogens is 326 g/mol. The number of benzene rings is 2. The molecule has 0 saturated heterocycles. The van der Waals surface area contributed by atoms with Crippen LogP contribution >= 0.6 is 11.6 Å². The molecule has 3 nitrogen and oxygen atoms in total. The van der Waals surface area contributed by atoms with E-state index >= 15 is 0 Å². The number of alkyl halides is 2. The first-order chi connectivity index (χ1) is 11.0. The van der Waals surface area contributed by atoms with Crippen molar-refractivity contribution >= 4 is 23.5 Å². The summed E-state index contributed by atoms with van der Waals surface area (Å²) in [4.78, 5) is 12.1. The third-order valence-electron chi connectivity index (χ3n) is 2.96. The molecule has 0 atom stereocenters. The summed E-state index contributed by atoms with van der Waals surface area (Å²) in [5.74, 6) is -0.277. The number of hydrogen-bond acceptors (Lipinski definition) is 3. The van der Waals surface area contributed by atoms with Gasteiger partial charge in [-0.05, 0) is 30.4 Å². The van der Waals surface area contributed by atoms with Crippen LogP contribution in [0.1, 0.15) is 15.9 Å². The van der Waals surface area contributed by atoms with E-state index in [4.69, 9.17) is 16.3 Å². The minimum absolute atomic E-state index is 0.125. The molecule has 6 heteroatoms. The molecule has 120 valence electrons. The maximum atomic E-state index is 12.5. The minimum Gasteiger partial charge on any atom is -0.493 e. The number of carbonyl (C=O) groups is 1. The Bertz CT molecular complexity index is 730. The summed E-state index contributed by atoms with van der Waals surface area (Å²) in [6, 6.07) is 11.1. The minimum atomic E-state index is -3.00. The number of ketones is 1. The molecule has 0 aliphatic heterocycles. The van der Waals surface area contributed by atoms with E-state index in [1.165, 1.54) is 31.4 Å². The monoisotopic (exact) mass is 338 g/mol. The van der Waals surface area contributed by atoms with Crippen LogP contribution < -0.4 is 9.47 Å². The second kappa shape index (κ2) is 7.74. The molecule has 0 bridgehead atoms. The topological polar surface area (TPSA) is 35.5 Å². The van der Waals surface area contributed by atoms with E-state index in [0.717, 1.165) is 0 Å². The summed E-state index contributed by atoms with van der Waals surface area (Å²) in [6.07, 6.45) is 2.65. The second-order valence-electron chi connectivity index (χ2n) is 4.47. The summed E-state index contributed by atoms with van der Waals surface area (Å²) >= 11 is 5.83. The van der Waals surface area contributed by atoms with Crippen molar-refractivity contribution in [2.75, 3.05) is 7.11 Å². The van der Waals surface area contributed by atoms with Gasteiger partial charge < -0.3 is 9.47 Å². The maximum absolute atomic E-state index is 12.5. The van der Waals surface area contributed by atoms with E-state index in [1.807, 2.05) is 0 Å². The van der Waals surface area contributed by atoms with Crippen LogP contribution in [-0.2, 0) is 0 Å². The number of allylic oxidation sites excluding steroid dienone is 1. The quantitative estimate of drug-likeness (QED) is 0.558. The van der Waals surface area contributed by atoms with E-state index in [9.17, 15) is 13.6 Å². The van der Waals surface area contributed by atoms with E-state index in [-0.39, 0.29) is 17.3 Å². The summed E-state index contributed by atoms with van der Waals surface area (Å²) in [7, 11) is 1.35. The molecule has 0 radical (unpaired) electrons. The molecule has 0 unspecified atom stereocenters. The fraction of sp³-hybridized carbons (Fsp3) is 0.118. The number of hydrogen-bond donors (Lipinski definition) is 0. The first kappa shape index (κ1) is 17.0. The van der Waals surface area contributed by atoms with Crippen molar-refractivity contribution < 1.29 is 23.0 Å². The van der Waals surface area contributed by atoms with Gasteiger partial charge in [-0.25, -0.2) is 0 Å². The summed E-state index contributed by atoms with van der Waals surface area (Å²) in [6.45, 7) is -3.00. The smallest absolute Gasteiger partial charge is 0.387 e. The lowest BCUT2D eigenvalue weighted by molar-refractivity contribution is -0.0513. The Kier molecular flexibility index (Phi) is 5.71. The number of ether oxygens (including phenoxy) is 2. The van der Waals surface area contributed by atoms with Gasteiger partial charge in [-0.1, -0.05) is 35.9 Å². The molecule has 0 aliphatic rings. The number of carbonyl (C=O) groups excluding carboxylic acids is 1. The highest BCUT2D eigenvalue weighted by atomic mass is 35.5. The molecule has 0 fully saturated rings. The molecular formula is C17H13ClF2O3. The SMILES string of the molecule is COc1cccc(/C=C/C(=O)c2cccc(Cl)c2)c1OC(F)F. The predicted octanol–water partition coefficient (Wildman–Crippen LogP) is 4.85. The van der Waals surface area contributed by atoms with E-state index < -0.39 is 6.61 Å². The highest BCUT2D eigenvalue weighted by Gasteiger charge is 2.14. The van der Waals surface area contributed by atoms with Crippen LogP contribution in [0.15, 0.2) is 48.5 Å². The molecule has 0 N–H and O–H groups in total. The third-order valence-corrected chi connectivity index (χ3v) is 3.19. The van der Waals surface area contributed by atoms with Crippen LogP contribution in [0.3, 0.4) is 0 Å². The van der Waals surface area contributed by atoms with Gasteiger partial charge in [0.15, 0.2) is 17.3 Å². The van der Waals surface area contributed by atoms with E-state index in [1.54, 1.807) is 30.3 Å². The average molecular weight is 339 g/mol. The fourth-order valence-electron chi connectivity index (χ4n) is 1.94. The molecule has 2 aromatic carbocycles. The van der Waals surface area contributed by atoms with Gasteiger partial charge in [-0.2, -0.15) is 8.78 Å². The standard InChI is InChI=1S/C17H13ClF2O3/c1-22-15-7-3-4-11(16(15)23-17(19)20)8-9-14(21)12-5-2-6-13(18)10-12/h2-10,17H,1H3/b9-8+. The van der Waals surface area contributed by atoms with Gasteiger partial charge >= 0.3 is 6.61 Å². The Morgan fingerprint density at radius 3 is 2.61 bits per heavy atom. The first-order valence-corrected chi connectivity index (χ1v) is 6.99. The summed E-state index contributed by atoms with van der Waals surface area (Å²) in [5, 5.41) is 0.437. The maximum Gasteiger partial charge on any atom is 0.387 e. The van der Waals surface area contributed by atoms with Crippen LogP contribution in [0.4, 0.5) is 8.78 Å². The molecule has 0 heterocycles. The van der Waals surface area contributed by atoms with Crippen LogP contribution in [-0.4, -0.2) is 19.5 Å². The van der Waals surface area contributed by atoms with Gasteiger partial charge in [0.2, 0.25) is 0 Å². The highest BCUT2D eigenvalue weighted by molar-refractivity contribution is 6.31. The number of para-hydroxylation sites is 1. The van der Waals surface area contributed by atoms with Crippen molar-refractivity contribution in [1.82, 2.24) is 0 Å². The van der Waals surface area contributed by atoms with Crippen molar-refractivity contribution in [2.45, 2.75) is 6.61 Å². The van der Waals surface area contributed by atoms with Crippen molar-refractivity contribution in [3.63, 3.8) is 0 Å². The Hall–Kier alpha value is -2.40. The van der Waals surface area contributed by atoms with E-state index in [0.29, 0.717) is 16.1 Å². The Balaban J connectivity index is 2.30. The number of halogens is 3. The first-order valence-electron chi connectivity index (χ1n) is 6.61. The largest absolute Gasteiger partial charge is 0.493 e. The van der Waals surface area contributed by atoms with E-state index in [2.05, 4.69) is 4.74 Å². The Morgan fingerprint density at radius 2 is 1.96 bits per heavy atom. The van der Waals surface area contributed by atoms with Crippen molar-refractivity contribution in [2.24, 2.45) is 0 Å².